The van der Waals surface area contributed by atoms with Gasteiger partial charge >= 0.3 is 5.97 Å². The smallest absolute Gasteiger partial charge is 0.361 e. The maximum absolute atomic E-state index is 11.6. The quantitative estimate of drug-likeness (QED) is 0.769. The molecule has 2 N–H and O–H groups in total. The molecular weight excluding hydrogens is 208 g/mol. The zero-order valence-electron chi connectivity index (χ0n) is 10.1. The standard InChI is InChI=1S/C10H18N4O2/c1-7(5-11)14-6-8(12-13-14)9(15)16-10(2,3)4/h6-7H,5,11H2,1-4H3/t7-/m0/s1. The van der Waals surface area contributed by atoms with Crippen LogP contribution in [0.1, 0.15) is 44.2 Å². The first-order chi connectivity index (χ1) is 7.33. The van der Waals surface area contributed by atoms with Gasteiger partial charge in [-0.1, -0.05) is 5.21 Å². The predicted octanol–water partition coefficient (Wildman–Crippen LogP) is 0.753. The Labute approximate surface area is 94.8 Å². The molecule has 6 nitrogen and oxygen atoms in total. The lowest BCUT2D eigenvalue weighted by Crippen LogP contribution is -2.24. The van der Waals surface area contributed by atoms with Crippen LogP contribution in [0.15, 0.2) is 6.20 Å². The summed E-state index contributed by atoms with van der Waals surface area (Å²) in [7, 11) is 0. The minimum Gasteiger partial charge on any atom is -0.455 e. The molecule has 16 heavy (non-hydrogen) atoms. The van der Waals surface area contributed by atoms with E-state index in [1.807, 2.05) is 6.92 Å². The fourth-order valence-electron chi connectivity index (χ4n) is 1.02. The van der Waals surface area contributed by atoms with E-state index in [1.54, 1.807) is 31.6 Å². The van der Waals surface area contributed by atoms with Crippen LogP contribution in [0.25, 0.3) is 0 Å². The summed E-state index contributed by atoms with van der Waals surface area (Å²) in [6.45, 7) is 7.75. The number of esters is 1. The molecular formula is C10H18N4O2. The SMILES string of the molecule is C[C@@H](CN)n1cc(C(=O)OC(C)(C)C)nn1. The molecule has 6 heteroatoms. The van der Waals surface area contributed by atoms with Gasteiger partial charge in [-0.05, 0) is 27.7 Å². The van der Waals surface area contributed by atoms with Crippen molar-refractivity contribution >= 4 is 5.97 Å². The second-order valence-corrected chi connectivity index (χ2v) is 4.67. The van der Waals surface area contributed by atoms with Crippen molar-refractivity contribution in [3.8, 4) is 0 Å². The zero-order chi connectivity index (χ0) is 12.3. The molecule has 0 aliphatic carbocycles. The second-order valence-electron chi connectivity index (χ2n) is 4.67. The Kier molecular flexibility index (Phi) is 3.64. The van der Waals surface area contributed by atoms with Crippen molar-refractivity contribution in [2.75, 3.05) is 6.54 Å². The normalized spacial score (nSPS) is 13.6. The van der Waals surface area contributed by atoms with E-state index in [9.17, 15) is 4.79 Å². The van der Waals surface area contributed by atoms with Crippen LogP contribution in [-0.4, -0.2) is 33.1 Å². The molecule has 1 rings (SSSR count). The van der Waals surface area contributed by atoms with Gasteiger partial charge in [0.1, 0.15) is 5.60 Å². The fourth-order valence-corrected chi connectivity index (χ4v) is 1.02. The number of aromatic nitrogens is 3. The van der Waals surface area contributed by atoms with Gasteiger partial charge in [-0.15, -0.1) is 5.10 Å². The van der Waals surface area contributed by atoms with Crippen LogP contribution >= 0.6 is 0 Å². The highest BCUT2D eigenvalue weighted by molar-refractivity contribution is 5.87. The molecule has 90 valence electrons. The van der Waals surface area contributed by atoms with Gasteiger partial charge < -0.3 is 10.5 Å². The first-order valence-electron chi connectivity index (χ1n) is 5.18. The molecule has 0 aliphatic rings. The lowest BCUT2D eigenvalue weighted by atomic mass is 10.2. The average molecular weight is 226 g/mol. The van der Waals surface area contributed by atoms with Gasteiger partial charge in [-0.2, -0.15) is 0 Å². The topological polar surface area (TPSA) is 83.0 Å². The van der Waals surface area contributed by atoms with Crippen molar-refractivity contribution in [3.63, 3.8) is 0 Å². The van der Waals surface area contributed by atoms with E-state index in [4.69, 9.17) is 10.5 Å². The monoisotopic (exact) mass is 226 g/mol. The van der Waals surface area contributed by atoms with Crippen LogP contribution in [0.5, 0.6) is 0 Å². The minimum atomic E-state index is -0.527. The Balaban J connectivity index is 2.75. The highest BCUT2D eigenvalue weighted by atomic mass is 16.6. The summed E-state index contributed by atoms with van der Waals surface area (Å²) in [5.41, 5.74) is 5.16. The first kappa shape index (κ1) is 12.6. The van der Waals surface area contributed by atoms with Crippen LogP contribution in [0.3, 0.4) is 0 Å². The molecule has 0 spiro atoms. The molecule has 0 radical (unpaired) electrons. The van der Waals surface area contributed by atoms with Gasteiger partial charge in [0, 0.05) is 6.54 Å². The van der Waals surface area contributed by atoms with Crippen LogP contribution in [0, 0.1) is 0 Å². The van der Waals surface area contributed by atoms with E-state index in [0.29, 0.717) is 6.54 Å². The van der Waals surface area contributed by atoms with Crippen LogP contribution in [-0.2, 0) is 4.74 Å². The van der Waals surface area contributed by atoms with Crippen molar-refractivity contribution in [3.05, 3.63) is 11.9 Å². The molecule has 1 aromatic heterocycles. The fraction of sp³-hybridized carbons (Fsp3) is 0.700. The Morgan fingerprint density at radius 1 is 1.62 bits per heavy atom. The highest BCUT2D eigenvalue weighted by Gasteiger charge is 2.20. The van der Waals surface area contributed by atoms with Gasteiger partial charge in [0.05, 0.1) is 12.2 Å². The van der Waals surface area contributed by atoms with Crippen LogP contribution in [0.2, 0.25) is 0 Å². The second kappa shape index (κ2) is 4.61. The number of carbonyl (C=O) groups is 1. The molecule has 1 aromatic rings. The van der Waals surface area contributed by atoms with Gasteiger partial charge in [-0.3, -0.25) is 0 Å². The summed E-state index contributed by atoms with van der Waals surface area (Å²) >= 11 is 0. The van der Waals surface area contributed by atoms with E-state index < -0.39 is 11.6 Å². The van der Waals surface area contributed by atoms with Crippen molar-refractivity contribution in [2.24, 2.45) is 5.73 Å². The molecule has 1 heterocycles. The van der Waals surface area contributed by atoms with Gasteiger partial charge in [0.2, 0.25) is 0 Å². The third-order valence-corrected chi connectivity index (χ3v) is 1.91. The summed E-state index contributed by atoms with van der Waals surface area (Å²) < 4.78 is 6.72. The predicted molar refractivity (Wildman–Crippen MR) is 59.0 cm³/mol. The molecule has 0 fully saturated rings. The molecule has 0 bridgehead atoms. The lowest BCUT2D eigenvalue weighted by Gasteiger charge is -2.18. The largest absolute Gasteiger partial charge is 0.455 e. The molecule has 1 atom stereocenters. The van der Waals surface area contributed by atoms with E-state index in [1.165, 1.54) is 0 Å². The summed E-state index contributed by atoms with van der Waals surface area (Å²) in [5, 5.41) is 7.58. The lowest BCUT2D eigenvalue weighted by molar-refractivity contribution is 0.00627. The van der Waals surface area contributed by atoms with Gasteiger partial charge in [0.15, 0.2) is 5.69 Å². The van der Waals surface area contributed by atoms with Crippen molar-refractivity contribution in [2.45, 2.75) is 39.3 Å². The summed E-state index contributed by atoms with van der Waals surface area (Å²) in [5.74, 6) is -0.469. The third kappa shape index (κ3) is 3.30. The molecule has 0 amide bonds. The highest BCUT2D eigenvalue weighted by Crippen LogP contribution is 2.11. The van der Waals surface area contributed by atoms with E-state index in [-0.39, 0.29) is 11.7 Å². The Hall–Kier alpha value is -1.43. The number of ether oxygens (including phenoxy) is 1. The number of rotatable bonds is 3. The third-order valence-electron chi connectivity index (χ3n) is 1.91. The van der Waals surface area contributed by atoms with E-state index in [2.05, 4.69) is 10.3 Å². The van der Waals surface area contributed by atoms with Crippen LogP contribution in [0.4, 0.5) is 0 Å². The zero-order valence-corrected chi connectivity index (χ0v) is 10.1. The van der Waals surface area contributed by atoms with Crippen molar-refractivity contribution < 1.29 is 9.53 Å². The van der Waals surface area contributed by atoms with Crippen molar-refractivity contribution in [1.29, 1.82) is 0 Å². The number of hydrogen-bond donors (Lipinski definition) is 1. The first-order valence-corrected chi connectivity index (χ1v) is 5.18. The summed E-state index contributed by atoms with van der Waals surface area (Å²) in [4.78, 5) is 11.6. The van der Waals surface area contributed by atoms with E-state index in [0.717, 1.165) is 0 Å². The Morgan fingerprint density at radius 3 is 2.75 bits per heavy atom. The summed E-state index contributed by atoms with van der Waals surface area (Å²) in [6, 6.07) is 0.0173. The molecule has 0 saturated carbocycles. The summed E-state index contributed by atoms with van der Waals surface area (Å²) in [6.07, 6.45) is 1.55. The molecule has 0 aromatic carbocycles. The minimum absolute atomic E-state index is 0.0173. The van der Waals surface area contributed by atoms with Crippen molar-refractivity contribution in [1.82, 2.24) is 15.0 Å². The maximum Gasteiger partial charge on any atom is 0.361 e. The molecule has 0 unspecified atom stereocenters. The van der Waals surface area contributed by atoms with E-state index >= 15 is 0 Å². The van der Waals surface area contributed by atoms with Crippen LogP contribution < -0.4 is 5.73 Å². The average Bonchev–Trinajstić information content (AvgIpc) is 2.62. The molecule has 0 aliphatic heterocycles. The molecule has 0 saturated heterocycles. The number of hydrogen-bond acceptors (Lipinski definition) is 5. The number of nitrogens with zero attached hydrogens (tertiary/aromatic N) is 3. The Bertz CT molecular complexity index is 367. The number of carbonyl (C=O) groups excluding carboxylic acids is 1. The van der Waals surface area contributed by atoms with Gasteiger partial charge in [-0.25, -0.2) is 9.48 Å². The number of nitrogens with two attached hydrogens (primary N) is 1. The Morgan fingerprint density at radius 2 is 2.25 bits per heavy atom. The van der Waals surface area contributed by atoms with Gasteiger partial charge in [0.25, 0.3) is 0 Å². The maximum atomic E-state index is 11.6.